The van der Waals surface area contributed by atoms with E-state index in [1.165, 1.54) is 26.9 Å². The fourth-order valence-corrected chi connectivity index (χ4v) is 2.97. The summed E-state index contributed by atoms with van der Waals surface area (Å²) in [4.78, 5) is 27.4. The molecule has 11 heteroatoms. The van der Waals surface area contributed by atoms with Gasteiger partial charge in [0.25, 0.3) is 0 Å². The van der Waals surface area contributed by atoms with Gasteiger partial charge < -0.3 is 10.2 Å². The lowest BCUT2D eigenvalue weighted by atomic mass is 10.3. The van der Waals surface area contributed by atoms with Crippen LogP contribution in [-0.2, 0) is 4.79 Å². The minimum absolute atomic E-state index is 0.159. The molecule has 0 bridgehead atoms. The predicted molar refractivity (Wildman–Crippen MR) is 98.5 cm³/mol. The Labute approximate surface area is 163 Å². The van der Waals surface area contributed by atoms with Crippen molar-refractivity contribution in [3.8, 4) is 5.69 Å². The highest BCUT2D eigenvalue weighted by molar-refractivity contribution is 5.99. The van der Waals surface area contributed by atoms with Gasteiger partial charge in [-0.25, -0.2) is 18.3 Å². The van der Waals surface area contributed by atoms with Gasteiger partial charge in [-0.1, -0.05) is 0 Å². The van der Waals surface area contributed by atoms with E-state index in [-0.39, 0.29) is 24.7 Å². The molecule has 1 aliphatic rings. The Hall–Kier alpha value is -3.89. The number of aromatic nitrogens is 4. The van der Waals surface area contributed by atoms with Crippen molar-refractivity contribution in [2.45, 2.75) is 0 Å². The molecule has 1 N–H and O–H groups in total. The van der Waals surface area contributed by atoms with E-state index in [1.807, 2.05) is 0 Å². The van der Waals surface area contributed by atoms with Crippen molar-refractivity contribution in [2.75, 3.05) is 29.9 Å². The molecule has 29 heavy (non-hydrogen) atoms. The number of carbonyl (C=O) groups excluding carboxylic acids is 2. The Bertz CT molecular complexity index is 1040. The Kier molecular flexibility index (Phi) is 4.85. The van der Waals surface area contributed by atoms with Crippen LogP contribution in [0.15, 0.2) is 48.8 Å². The van der Waals surface area contributed by atoms with Crippen LogP contribution >= 0.6 is 0 Å². The van der Waals surface area contributed by atoms with Crippen LogP contribution < -0.4 is 10.2 Å². The second kappa shape index (κ2) is 7.62. The van der Waals surface area contributed by atoms with E-state index in [9.17, 15) is 18.4 Å². The number of tetrazole rings is 1. The van der Waals surface area contributed by atoms with E-state index >= 15 is 0 Å². The average Bonchev–Trinajstić information content (AvgIpc) is 3.36. The van der Waals surface area contributed by atoms with Crippen LogP contribution in [0, 0.1) is 11.6 Å². The molecule has 0 aliphatic carbocycles. The molecular formula is C18H15F2N7O2. The van der Waals surface area contributed by atoms with E-state index in [4.69, 9.17) is 0 Å². The van der Waals surface area contributed by atoms with Gasteiger partial charge in [0.2, 0.25) is 5.91 Å². The maximum Gasteiger partial charge on any atom is 0.325 e. The van der Waals surface area contributed by atoms with Crippen LogP contribution in [0.1, 0.15) is 0 Å². The highest BCUT2D eigenvalue weighted by Gasteiger charge is 2.31. The maximum absolute atomic E-state index is 13.4. The van der Waals surface area contributed by atoms with E-state index in [0.29, 0.717) is 12.2 Å². The lowest BCUT2D eigenvalue weighted by Gasteiger charge is -2.18. The van der Waals surface area contributed by atoms with Crippen molar-refractivity contribution in [3.05, 3.63) is 60.4 Å². The van der Waals surface area contributed by atoms with Crippen LogP contribution in [0.25, 0.3) is 5.69 Å². The first-order valence-corrected chi connectivity index (χ1v) is 8.66. The molecule has 148 valence electrons. The minimum Gasteiger partial charge on any atom is -0.325 e. The molecule has 0 saturated carbocycles. The lowest BCUT2D eigenvalue weighted by Crippen LogP contribution is -2.37. The second-order valence-electron chi connectivity index (χ2n) is 6.30. The molecule has 4 rings (SSSR count). The molecule has 3 amide bonds. The number of carbonyl (C=O) groups is 2. The normalized spacial score (nSPS) is 13.8. The number of nitrogens with one attached hydrogen (secondary N) is 1. The number of hydrogen-bond acceptors (Lipinski definition) is 5. The van der Waals surface area contributed by atoms with E-state index in [0.717, 1.165) is 17.8 Å². The van der Waals surface area contributed by atoms with Gasteiger partial charge in [-0.3, -0.25) is 9.69 Å². The van der Waals surface area contributed by atoms with Crippen molar-refractivity contribution >= 4 is 23.3 Å². The molecular weight excluding hydrogens is 384 g/mol. The predicted octanol–water partition coefficient (Wildman–Crippen LogP) is 1.82. The summed E-state index contributed by atoms with van der Waals surface area (Å²) >= 11 is 0. The number of anilines is 2. The van der Waals surface area contributed by atoms with Crippen molar-refractivity contribution in [1.82, 2.24) is 25.1 Å². The van der Waals surface area contributed by atoms with Crippen molar-refractivity contribution in [1.29, 1.82) is 0 Å². The molecule has 1 aromatic heterocycles. The zero-order chi connectivity index (χ0) is 20.4. The molecule has 0 unspecified atom stereocenters. The van der Waals surface area contributed by atoms with Crippen LogP contribution in [0.2, 0.25) is 0 Å². The fourth-order valence-electron chi connectivity index (χ4n) is 2.97. The number of nitrogens with zero attached hydrogens (tertiary/aromatic N) is 6. The van der Waals surface area contributed by atoms with Gasteiger partial charge in [0.05, 0.1) is 5.69 Å². The third kappa shape index (κ3) is 3.88. The number of rotatable bonds is 5. The largest absolute Gasteiger partial charge is 0.325 e. The molecule has 1 saturated heterocycles. The molecule has 0 spiro atoms. The van der Waals surface area contributed by atoms with Crippen LogP contribution in [0.4, 0.5) is 25.0 Å². The maximum atomic E-state index is 13.4. The number of benzene rings is 2. The summed E-state index contributed by atoms with van der Waals surface area (Å²) in [5.74, 6) is -2.39. The van der Waals surface area contributed by atoms with Gasteiger partial charge in [-0.2, -0.15) is 0 Å². The van der Waals surface area contributed by atoms with Crippen molar-refractivity contribution in [3.63, 3.8) is 0 Å². The van der Waals surface area contributed by atoms with Crippen LogP contribution in [0.3, 0.4) is 0 Å². The Morgan fingerprint density at radius 2 is 1.79 bits per heavy atom. The van der Waals surface area contributed by atoms with Gasteiger partial charge in [0, 0.05) is 30.5 Å². The second-order valence-corrected chi connectivity index (χ2v) is 6.30. The zero-order valence-corrected chi connectivity index (χ0v) is 15.0. The Balaban J connectivity index is 1.36. The number of amides is 3. The minimum atomic E-state index is -1.03. The summed E-state index contributed by atoms with van der Waals surface area (Å²) in [6.07, 6.45) is 1.45. The topological polar surface area (TPSA) is 96.2 Å². The molecule has 1 fully saturated rings. The fraction of sp³-hybridized carbons (Fsp3) is 0.167. The van der Waals surface area contributed by atoms with Gasteiger partial charge in [0.1, 0.15) is 12.9 Å². The SMILES string of the molecule is O=C(CN1CCN(c2ccc(F)c(F)c2)C1=O)Nc1ccc(-n2cnnn2)cc1. The molecule has 0 radical (unpaired) electrons. The third-order valence-corrected chi connectivity index (χ3v) is 4.41. The van der Waals surface area contributed by atoms with Gasteiger partial charge >= 0.3 is 6.03 Å². The summed E-state index contributed by atoms with van der Waals surface area (Å²) < 4.78 is 28.0. The Morgan fingerprint density at radius 1 is 1.03 bits per heavy atom. The number of halogens is 2. The smallest absolute Gasteiger partial charge is 0.325 e. The summed E-state index contributed by atoms with van der Waals surface area (Å²) in [6, 6.07) is 9.65. The number of urea groups is 1. The lowest BCUT2D eigenvalue weighted by molar-refractivity contribution is -0.116. The number of hydrogen-bond donors (Lipinski definition) is 1. The van der Waals surface area contributed by atoms with Crippen LogP contribution in [-0.4, -0.2) is 56.7 Å². The first-order valence-electron chi connectivity index (χ1n) is 8.66. The summed E-state index contributed by atoms with van der Waals surface area (Å²) in [7, 11) is 0. The first-order chi connectivity index (χ1) is 14.0. The Morgan fingerprint density at radius 3 is 2.48 bits per heavy atom. The average molecular weight is 399 g/mol. The van der Waals surface area contributed by atoms with Crippen LogP contribution in [0.5, 0.6) is 0 Å². The van der Waals surface area contributed by atoms with Gasteiger partial charge in [0.15, 0.2) is 11.6 Å². The van der Waals surface area contributed by atoms with E-state index in [2.05, 4.69) is 20.8 Å². The third-order valence-electron chi connectivity index (χ3n) is 4.41. The van der Waals surface area contributed by atoms with Crippen molar-refractivity contribution < 1.29 is 18.4 Å². The highest BCUT2D eigenvalue weighted by atomic mass is 19.2. The highest BCUT2D eigenvalue weighted by Crippen LogP contribution is 2.22. The standard InChI is InChI=1S/C18H15F2N7O2/c19-15-6-5-14(9-16(15)20)26-8-7-25(18(26)29)10-17(28)22-12-1-3-13(4-2-12)27-11-21-23-24-27/h1-6,9,11H,7-8,10H2,(H,22,28). The molecule has 9 nitrogen and oxygen atoms in total. The monoisotopic (exact) mass is 399 g/mol. The molecule has 3 aromatic rings. The molecule has 2 heterocycles. The molecule has 1 aliphatic heterocycles. The molecule has 2 aromatic carbocycles. The van der Waals surface area contributed by atoms with E-state index in [1.54, 1.807) is 24.3 Å². The summed E-state index contributed by atoms with van der Waals surface area (Å²) in [5, 5.41) is 13.6. The van der Waals surface area contributed by atoms with E-state index < -0.39 is 17.7 Å². The van der Waals surface area contributed by atoms with Gasteiger partial charge in [-0.15, -0.1) is 5.10 Å². The summed E-state index contributed by atoms with van der Waals surface area (Å²) in [5.41, 5.74) is 1.52. The van der Waals surface area contributed by atoms with Crippen molar-refractivity contribution in [2.24, 2.45) is 0 Å². The molecule has 0 atom stereocenters. The van der Waals surface area contributed by atoms with Gasteiger partial charge in [-0.05, 0) is 46.8 Å². The zero-order valence-electron chi connectivity index (χ0n) is 15.0. The first kappa shape index (κ1) is 18.5. The quantitative estimate of drug-likeness (QED) is 0.706. The summed E-state index contributed by atoms with van der Waals surface area (Å²) in [6.45, 7) is 0.412.